The first-order valence-electron chi connectivity index (χ1n) is 4.18. The first-order valence-corrected chi connectivity index (χ1v) is 4.18. The summed E-state index contributed by atoms with van der Waals surface area (Å²) in [7, 11) is 1.50. The van der Waals surface area contributed by atoms with Crippen molar-refractivity contribution in [2.75, 3.05) is 13.6 Å². The molecular weight excluding hydrogens is 136 g/mol. The van der Waals surface area contributed by atoms with Crippen molar-refractivity contribution in [2.24, 2.45) is 11.5 Å². The summed E-state index contributed by atoms with van der Waals surface area (Å²) >= 11 is 0. The standard InChI is InChI=1S/C3H9N.C3H6.C2H6.CH5N/c1-2-3-4;1-3-2;2*1-2/h2-4H2,1H3;3H,1H2,2H3;1-2H3;2H2,1H3. The molecule has 0 fully saturated rings. The van der Waals surface area contributed by atoms with Crippen LogP contribution < -0.4 is 11.5 Å². The van der Waals surface area contributed by atoms with Crippen molar-refractivity contribution in [1.82, 2.24) is 0 Å². The molecule has 11 heavy (non-hydrogen) atoms. The van der Waals surface area contributed by atoms with Gasteiger partial charge in [-0.1, -0.05) is 26.8 Å². The normalized spacial score (nSPS) is 5.00. The minimum atomic E-state index is 0.819. The molecule has 0 bridgehead atoms. The van der Waals surface area contributed by atoms with Crippen molar-refractivity contribution in [2.45, 2.75) is 34.1 Å². The van der Waals surface area contributed by atoms with E-state index >= 15 is 0 Å². The van der Waals surface area contributed by atoms with Gasteiger partial charge in [0.25, 0.3) is 0 Å². The lowest BCUT2D eigenvalue weighted by Gasteiger charge is -1.70. The van der Waals surface area contributed by atoms with Gasteiger partial charge >= 0.3 is 0 Å². The maximum absolute atomic E-state index is 5.03. The molecule has 4 N–H and O–H groups in total. The van der Waals surface area contributed by atoms with E-state index in [1.165, 1.54) is 7.05 Å². The van der Waals surface area contributed by atoms with Crippen molar-refractivity contribution in [1.29, 1.82) is 0 Å². The Morgan fingerprint density at radius 2 is 1.36 bits per heavy atom. The highest BCUT2D eigenvalue weighted by molar-refractivity contribution is 4.51. The van der Waals surface area contributed by atoms with Crippen LogP contribution in [0.25, 0.3) is 0 Å². The zero-order chi connectivity index (χ0) is 10.1. The van der Waals surface area contributed by atoms with E-state index in [4.69, 9.17) is 5.73 Å². The first-order chi connectivity index (χ1) is 5.33. The number of rotatable bonds is 1. The third-order valence-corrected chi connectivity index (χ3v) is 0.289. The molecular formula is C9H26N2. The summed E-state index contributed by atoms with van der Waals surface area (Å²) < 4.78 is 0. The van der Waals surface area contributed by atoms with Gasteiger partial charge in [0.05, 0.1) is 0 Å². The Labute approximate surface area is 72.7 Å². The molecule has 0 aromatic heterocycles. The van der Waals surface area contributed by atoms with Crippen LogP contribution in [0.2, 0.25) is 0 Å². The molecule has 0 aromatic rings. The zero-order valence-corrected chi connectivity index (χ0v) is 8.85. The average molecular weight is 162 g/mol. The summed E-state index contributed by atoms with van der Waals surface area (Å²) in [6.07, 6.45) is 2.85. The molecule has 0 aliphatic rings. The van der Waals surface area contributed by atoms with Gasteiger partial charge < -0.3 is 11.5 Å². The largest absolute Gasteiger partial charge is 0.333 e. The van der Waals surface area contributed by atoms with E-state index in [2.05, 4.69) is 19.2 Å². The van der Waals surface area contributed by atoms with E-state index in [-0.39, 0.29) is 0 Å². The fourth-order valence-electron chi connectivity index (χ4n) is 0. The van der Waals surface area contributed by atoms with Crippen LogP contribution in [-0.2, 0) is 0 Å². The molecule has 72 valence electrons. The lowest BCUT2D eigenvalue weighted by atomic mass is 10.5. The Morgan fingerprint density at radius 3 is 1.36 bits per heavy atom. The molecule has 2 nitrogen and oxygen atoms in total. The summed E-state index contributed by atoms with van der Waals surface area (Å²) in [4.78, 5) is 0. The number of hydrogen-bond donors (Lipinski definition) is 2. The minimum Gasteiger partial charge on any atom is -0.333 e. The van der Waals surface area contributed by atoms with E-state index in [1.807, 2.05) is 20.8 Å². The summed E-state index contributed by atoms with van der Waals surface area (Å²) in [6.45, 7) is 12.1. The van der Waals surface area contributed by atoms with Crippen LogP contribution in [0.4, 0.5) is 0 Å². The topological polar surface area (TPSA) is 52.0 Å². The van der Waals surface area contributed by atoms with Gasteiger partial charge in [0.15, 0.2) is 0 Å². The predicted molar refractivity (Wildman–Crippen MR) is 56.7 cm³/mol. The fourth-order valence-corrected chi connectivity index (χ4v) is 0. The van der Waals surface area contributed by atoms with Gasteiger partial charge in [-0.05, 0) is 26.9 Å². The minimum absolute atomic E-state index is 0.819. The molecule has 0 atom stereocenters. The van der Waals surface area contributed by atoms with Crippen LogP contribution in [0.15, 0.2) is 12.7 Å². The van der Waals surface area contributed by atoms with Crippen LogP contribution in [-0.4, -0.2) is 13.6 Å². The second kappa shape index (κ2) is 102. The second-order valence-corrected chi connectivity index (χ2v) is 1.20. The molecule has 0 amide bonds. The average Bonchev–Trinajstić information content (AvgIpc) is 2.12. The van der Waals surface area contributed by atoms with E-state index in [0.717, 1.165) is 13.0 Å². The van der Waals surface area contributed by atoms with Crippen molar-refractivity contribution in [3.05, 3.63) is 12.7 Å². The van der Waals surface area contributed by atoms with Crippen LogP contribution in [0.5, 0.6) is 0 Å². The number of nitrogens with two attached hydrogens (primary N) is 2. The molecule has 0 saturated carbocycles. The van der Waals surface area contributed by atoms with Crippen LogP contribution in [0, 0.1) is 0 Å². The summed E-state index contributed by atoms with van der Waals surface area (Å²) in [6, 6.07) is 0. The number of hydrogen-bond acceptors (Lipinski definition) is 2. The Kier molecular flexibility index (Phi) is 209. The smallest absolute Gasteiger partial charge is 0.00799 e. The van der Waals surface area contributed by atoms with Crippen molar-refractivity contribution >= 4 is 0 Å². The maximum atomic E-state index is 5.03. The highest BCUT2D eigenvalue weighted by Gasteiger charge is 1.55. The van der Waals surface area contributed by atoms with Crippen LogP contribution in [0.3, 0.4) is 0 Å². The van der Waals surface area contributed by atoms with Gasteiger partial charge in [-0.15, -0.1) is 6.58 Å². The lowest BCUT2D eigenvalue weighted by molar-refractivity contribution is 0.932. The third kappa shape index (κ3) is 1300. The number of allylic oxidation sites excluding steroid dienone is 1. The molecule has 0 unspecified atom stereocenters. The summed E-state index contributed by atoms with van der Waals surface area (Å²) in [5, 5.41) is 0. The Hall–Kier alpha value is -0.340. The highest BCUT2D eigenvalue weighted by Crippen LogP contribution is 1.57. The quantitative estimate of drug-likeness (QED) is 0.580. The van der Waals surface area contributed by atoms with E-state index in [0.29, 0.717) is 0 Å². The predicted octanol–water partition coefficient (Wildman–Crippen LogP) is 2.15. The maximum Gasteiger partial charge on any atom is -0.00799 e. The zero-order valence-electron chi connectivity index (χ0n) is 8.85. The van der Waals surface area contributed by atoms with Gasteiger partial charge in [-0.3, -0.25) is 0 Å². The summed E-state index contributed by atoms with van der Waals surface area (Å²) in [5.41, 5.74) is 9.53. The van der Waals surface area contributed by atoms with Crippen molar-refractivity contribution in [3.8, 4) is 0 Å². The fraction of sp³-hybridized carbons (Fsp3) is 0.778. The highest BCUT2D eigenvalue weighted by atomic mass is 14.5. The summed E-state index contributed by atoms with van der Waals surface area (Å²) in [5.74, 6) is 0. The lowest BCUT2D eigenvalue weighted by Crippen LogP contribution is -1.93. The SMILES string of the molecule is C=CC.CC.CCCN.CN. The molecule has 0 rings (SSSR count). The molecule has 2 heteroatoms. The van der Waals surface area contributed by atoms with E-state index < -0.39 is 0 Å². The Bertz CT molecular complexity index is 26.7. The van der Waals surface area contributed by atoms with Crippen LogP contribution in [0.1, 0.15) is 34.1 Å². The Morgan fingerprint density at radius 1 is 1.27 bits per heavy atom. The third-order valence-electron chi connectivity index (χ3n) is 0.289. The van der Waals surface area contributed by atoms with E-state index in [9.17, 15) is 0 Å². The van der Waals surface area contributed by atoms with Crippen molar-refractivity contribution < 1.29 is 0 Å². The molecule has 0 saturated heterocycles. The van der Waals surface area contributed by atoms with Gasteiger partial charge in [-0.25, -0.2) is 0 Å². The molecule has 0 aliphatic carbocycles. The van der Waals surface area contributed by atoms with Gasteiger partial charge in [-0.2, -0.15) is 0 Å². The molecule has 0 heterocycles. The molecule has 0 aliphatic heterocycles. The Balaban J connectivity index is -0.0000000315. The molecule has 0 spiro atoms. The molecule has 0 radical (unpaired) electrons. The molecule has 0 aromatic carbocycles. The van der Waals surface area contributed by atoms with E-state index in [1.54, 1.807) is 6.08 Å². The second-order valence-electron chi connectivity index (χ2n) is 1.20. The van der Waals surface area contributed by atoms with Gasteiger partial charge in [0.1, 0.15) is 0 Å². The monoisotopic (exact) mass is 162 g/mol. The van der Waals surface area contributed by atoms with Crippen molar-refractivity contribution in [3.63, 3.8) is 0 Å². The first kappa shape index (κ1) is 22.4. The van der Waals surface area contributed by atoms with Crippen LogP contribution >= 0.6 is 0 Å². The van der Waals surface area contributed by atoms with Gasteiger partial charge in [0.2, 0.25) is 0 Å². The van der Waals surface area contributed by atoms with Gasteiger partial charge in [0, 0.05) is 0 Å².